The van der Waals surface area contributed by atoms with Crippen LogP contribution in [0, 0.1) is 17.8 Å². The minimum Gasteiger partial charge on any atom is -0.381 e. The van der Waals surface area contributed by atoms with Crippen molar-refractivity contribution in [2.24, 2.45) is 5.92 Å². The molecule has 1 aliphatic rings. The Labute approximate surface area is 80.0 Å². The molecule has 0 bridgehead atoms. The highest BCUT2D eigenvalue weighted by Gasteiger charge is 2.19. The Bertz CT molecular complexity index is 194. The molecule has 13 heavy (non-hydrogen) atoms. The topological polar surface area (TPSA) is 40.5 Å². The Morgan fingerprint density at radius 1 is 1.08 bits per heavy atom. The zero-order valence-electron chi connectivity index (χ0n) is 8.16. The van der Waals surface area contributed by atoms with Crippen molar-refractivity contribution in [1.82, 2.24) is 0 Å². The molecule has 1 fully saturated rings. The van der Waals surface area contributed by atoms with Gasteiger partial charge in [-0.05, 0) is 25.7 Å². The minimum absolute atomic E-state index is 0.333. The highest BCUT2D eigenvalue weighted by molar-refractivity contribution is 5.09. The largest absolute Gasteiger partial charge is 0.381 e. The van der Waals surface area contributed by atoms with Gasteiger partial charge >= 0.3 is 0 Å². The summed E-state index contributed by atoms with van der Waals surface area (Å²) in [5.74, 6) is 5.64. The summed E-state index contributed by atoms with van der Waals surface area (Å²) in [6, 6.07) is 0. The molecule has 74 valence electrons. The van der Waals surface area contributed by atoms with Crippen molar-refractivity contribution in [1.29, 1.82) is 0 Å². The molecule has 0 saturated heterocycles. The van der Waals surface area contributed by atoms with Crippen molar-refractivity contribution in [3.8, 4) is 11.8 Å². The van der Waals surface area contributed by atoms with Gasteiger partial charge in [-0.15, -0.1) is 0 Å². The van der Waals surface area contributed by atoms with Gasteiger partial charge in [0, 0.05) is 0 Å². The van der Waals surface area contributed by atoms with Gasteiger partial charge < -0.3 is 10.2 Å². The second-order valence-electron chi connectivity index (χ2n) is 3.81. The first-order chi connectivity index (χ1) is 6.20. The van der Waals surface area contributed by atoms with Gasteiger partial charge in [0.2, 0.25) is 0 Å². The summed E-state index contributed by atoms with van der Waals surface area (Å²) in [4.78, 5) is 0. The molecule has 2 heteroatoms. The highest BCUT2D eigenvalue weighted by Crippen LogP contribution is 2.26. The quantitative estimate of drug-likeness (QED) is 0.600. The standard InChI is InChI=1S/C11H18O2/c1-9(12)7-8-11(13)10-5-3-2-4-6-10/h9-13H,2-6H2,1H3/t9-,11+/m0/s1. The fourth-order valence-electron chi connectivity index (χ4n) is 1.77. The van der Waals surface area contributed by atoms with E-state index in [0.29, 0.717) is 5.92 Å². The van der Waals surface area contributed by atoms with E-state index < -0.39 is 12.2 Å². The van der Waals surface area contributed by atoms with Gasteiger partial charge in [0.25, 0.3) is 0 Å². The maximum absolute atomic E-state index is 9.64. The molecule has 0 heterocycles. The zero-order valence-corrected chi connectivity index (χ0v) is 8.16. The molecule has 0 aromatic carbocycles. The average molecular weight is 182 g/mol. The third-order valence-electron chi connectivity index (χ3n) is 2.54. The third-order valence-corrected chi connectivity index (χ3v) is 2.54. The lowest BCUT2D eigenvalue weighted by molar-refractivity contribution is 0.132. The normalized spacial score (nSPS) is 23.0. The molecule has 1 saturated carbocycles. The second kappa shape index (κ2) is 5.26. The summed E-state index contributed by atoms with van der Waals surface area (Å²) >= 11 is 0. The molecule has 2 nitrogen and oxygen atoms in total. The molecule has 0 aromatic heterocycles. The van der Waals surface area contributed by atoms with E-state index in [0.717, 1.165) is 12.8 Å². The van der Waals surface area contributed by atoms with Crippen LogP contribution < -0.4 is 0 Å². The van der Waals surface area contributed by atoms with Crippen LogP contribution in [0.3, 0.4) is 0 Å². The molecule has 2 atom stereocenters. The number of hydrogen-bond donors (Lipinski definition) is 2. The molecule has 0 amide bonds. The summed E-state index contributed by atoms with van der Waals surface area (Å²) < 4.78 is 0. The van der Waals surface area contributed by atoms with Crippen molar-refractivity contribution in [3.63, 3.8) is 0 Å². The summed E-state index contributed by atoms with van der Waals surface area (Å²) in [6.45, 7) is 1.61. The van der Waals surface area contributed by atoms with E-state index in [1.54, 1.807) is 6.92 Å². The van der Waals surface area contributed by atoms with Gasteiger partial charge in [0.1, 0.15) is 12.2 Å². The Morgan fingerprint density at radius 2 is 1.69 bits per heavy atom. The first-order valence-electron chi connectivity index (χ1n) is 5.07. The fraction of sp³-hybridized carbons (Fsp3) is 0.818. The van der Waals surface area contributed by atoms with E-state index in [1.807, 2.05) is 0 Å². The molecule has 0 spiro atoms. The lowest BCUT2D eigenvalue weighted by Crippen LogP contribution is -2.21. The van der Waals surface area contributed by atoms with E-state index in [9.17, 15) is 5.11 Å². The number of aliphatic hydroxyl groups excluding tert-OH is 2. The summed E-state index contributed by atoms with van der Waals surface area (Å²) in [5, 5.41) is 18.6. The van der Waals surface area contributed by atoms with E-state index in [2.05, 4.69) is 11.8 Å². The molecular formula is C11H18O2. The Morgan fingerprint density at radius 3 is 2.23 bits per heavy atom. The molecule has 1 rings (SSSR count). The number of hydrogen-bond acceptors (Lipinski definition) is 2. The van der Waals surface area contributed by atoms with Crippen LogP contribution in [0.2, 0.25) is 0 Å². The number of rotatable bonds is 1. The summed E-state index contributed by atoms with van der Waals surface area (Å²) in [6.07, 6.45) is 4.70. The van der Waals surface area contributed by atoms with E-state index in [4.69, 9.17) is 5.11 Å². The number of aliphatic hydroxyl groups is 2. The first-order valence-corrected chi connectivity index (χ1v) is 5.07. The third kappa shape index (κ3) is 3.80. The van der Waals surface area contributed by atoms with Gasteiger partial charge in [-0.25, -0.2) is 0 Å². The smallest absolute Gasteiger partial charge is 0.117 e. The van der Waals surface area contributed by atoms with Crippen molar-refractivity contribution in [2.75, 3.05) is 0 Å². The lowest BCUT2D eigenvalue weighted by atomic mass is 9.85. The minimum atomic E-state index is -0.627. The predicted molar refractivity (Wildman–Crippen MR) is 52.0 cm³/mol. The van der Waals surface area contributed by atoms with Crippen LogP contribution in [0.15, 0.2) is 0 Å². The SMILES string of the molecule is C[C@H](O)C#C[C@@H](O)C1CCCCC1. The molecule has 0 aliphatic heterocycles. The van der Waals surface area contributed by atoms with E-state index in [1.165, 1.54) is 19.3 Å². The molecule has 1 aliphatic carbocycles. The van der Waals surface area contributed by atoms with Crippen LogP contribution in [0.5, 0.6) is 0 Å². The molecule has 0 radical (unpaired) electrons. The van der Waals surface area contributed by atoms with Crippen LogP contribution >= 0.6 is 0 Å². The van der Waals surface area contributed by atoms with Crippen LogP contribution in [0.1, 0.15) is 39.0 Å². The van der Waals surface area contributed by atoms with Crippen LogP contribution in [0.25, 0.3) is 0 Å². The maximum Gasteiger partial charge on any atom is 0.117 e. The van der Waals surface area contributed by atoms with Gasteiger partial charge in [-0.3, -0.25) is 0 Å². The molecular weight excluding hydrogens is 164 g/mol. The van der Waals surface area contributed by atoms with Gasteiger partial charge in [-0.1, -0.05) is 31.1 Å². The Hall–Kier alpha value is -0.520. The summed E-state index contributed by atoms with van der Waals surface area (Å²) in [5.41, 5.74) is 0. The van der Waals surface area contributed by atoms with Crippen molar-refractivity contribution in [3.05, 3.63) is 0 Å². The second-order valence-corrected chi connectivity index (χ2v) is 3.81. The molecule has 2 N–H and O–H groups in total. The zero-order chi connectivity index (χ0) is 9.68. The van der Waals surface area contributed by atoms with Crippen LogP contribution in [-0.2, 0) is 0 Å². The van der Waals surface area contributed by atoms with Crippen LogP contribution in [0.4, 0.5) is 0 Å². The Balaban J connectivity index is 2.38. The van der Waals surface area contributed by atoms with Gasteiger partial charge in [0.05, 0.1) is 0 Å². The first kappa shape index (κ1) is 10.6. The molecule has 0 unspecified atom stereocenters. The Kier molecular flexibility index (Phi) is 4.27. The van der Waals surface area contributed by atoms with Crippen molar-refractivity contribution >= 4 is 0 Å². The monoisotopic (exact) mass is 182 g/mol. The fourth-order valence-corrected chi connectivity index (χ4v) is 1.77. The van der Waals surface area contributed by atoms with E-state index in [-0.39, 0.29) is 0 Å². The van der Waals surface area contributed by atoms with Crippen LogP contribution in [-0.4, -0.2) is 22.4 Å². The summed E-state index contributed by atoms with van der Waals surface area (Å²) in [7, 11) is 0. The predicted octanol–water partition coefficient (Wildman–Crippen LogP) is 1.31. The van der Waals surface area contributed by atoms with Crippen molar-refractivity contribution < 1.29 is 10.2 Å². The maximum atomic E-state index is 9.64. The molecule has 0 aromatic rings. The van der Waals surface area contributed by atoms with E-state index >= 15 is 0 Å². The average Bonchev–Trinajstić information content (AvgIpc) is 2.15. The highest BCUT2D eigenvalue weighted by atomic mass is 16.3. The van der Waals surface area contributed by atoms with Gasteiger partial charge in [0.15, 0.2) is 0 Å². The lowest BCUT2D eigenvalue weighted by Gasteiger charge is -2.23. The van der Waals surface area contributed by atoms with Crippen molar-refractivity contribution in [2.45, 2.75) is 51.2 Å². The van der Waals surface area contributed by atoms with Gasteiger partial charge in [-0.2, -0.15) is 0 Å².